The van der Waals surface area contributed by atoms with Crippen LogP contribution in [0.2, 0.25) is 0 Å². The van der Waals surface area contributed by atoms with E-state index in [2.05, 4.69) is 15.4 Å². The van der Waals surface area contributed by atoms with E-state index in [1.807, 2.05) is 33.7 Å². The van der Waals surface area contributed by atoms with Crippen molar-refractivity contribution in [2.24, 2.45) is 0 Å². The van der Waals surface area contributed by atoms with Gasteiger partial charge in [-0.05, 0) is 38.8 Å². The molecule has 1 unspecified atom stereocenters. The number of amides is 1. The fourth-order valence-electron chi connectivity index (χ4n) is 3.30. The lowest BCUT2D eigenvalue weighted by Crippen LogP contribution is -2.32. The van der Waals surface area contributed by atoms with Crippen LogP contribution in [0.25, 0.3) is 5.65 Å². The molecule has 0 spiro atoms. The van der Waals surface area contributed by atoms with E-state index in [1.165, 1.54) is 0 Å². The number of hydrogen-bond acceptors (Lipinski definition) is 5. The molecule has 118 valence electrons. The van der Waals surface area contributed by atoms with Gasteiger partial charge in [-0.15, -0.1) is 10.2 Å². The smallest absolute Gasteiger partial charge is 0.259 e. The van der Waals surface area contributed by atoms with E-state index in [0.29, 0.717) is 23.6 Å². The van der Waals surface area contributed by atoms with Crippen molar-refractivity contribution in [1.82, 2.24) is 24.7 Å². The summed E-state index contributed by atoms with van der Waals surface area (Å²) in [7, 11) is 0. The number of likely N-dealkylation sites (tertiary alicyclic amines) is 1. The third-order valence-electron chi connectivity index (χ3n) is 4.40. The summed E-state index contributed by atoms with van der Waals surface area (Å²) in [4.78, 5) is 14.8. The van der Waals surface area contributed by atoms with Crippen LogP contribution in [0.3, 0.4) is 0 Å². The zero-order chi connectivity index (χ0) is 16.0. The average molecular weight is 311 g/mol. The average Bonchev–Trinajstić information content (AvgIpc) is 3.25. The molecule has 0 aliphatic carbocycles. The van der Waals surface area contributed by atoms with Gasteiger partial charge in [0.1, 0.15) is 11.3 Å². The monoisotopic (exact) mass is 311 g/mol. The summed E-state index contributed by atoms with van der Waals surface area (Å²) in [6.07, 6.45) is 3.76. The van der Waals surface area contributed by atoms with Gasteiger partial charge in [0.2, 0.25) is 0 Å². The van der Waals surface area contributed by atoms with Crippen molar-refractivity contribution in [3.05, 3.63) is 47.2 Å². The van der Waals surface area contributed by atoms with Crippen LogP contribution < -0.4 is 0 Å². The molecule has 1 saturated heterocycles. The number of pyridine rings is 1. The van der Waals surface area contributed by atoms with Crippen molar-refractivity contribution in [1.29, 1.82) is 0 Å². The Morgan fingerprint density at radius 3 is 2.96 bits per heavy atom. The topological polar surface area (TPSA) is 76.5 Å². The van der Waals surface area contributed by atoms with Crippen LogP contribution in [0.1, 0.15) is 46.5 Å². The maximum absolute atomic E-state index is 13.0. The fraction of sp³-hybridized carbons (Fsp3) is 0.375. The van der Waals surface area contributed by atoms with Gasteiger partial charge in [0.25, 0.3) is 5.91 Å². The second-order valence-electron chi connectivity index (χ2n) is 5.84. The van der Waals surface area contributed by atoms with Crippen LogP contribution in [-0.4, -0.2) is 37.1 Å². The van der Waals surface area contributed by atoms with Crippen LogP contribution in [-0.2, 0) is 0 Å². The highest BCUT2D eigenvalue weighted by atomic mass is 16.5. The predicted octanol–water partition coefficient (Wildman–Crippen LogP) is 2.31. The highest BCUT2D eigenvalue weighted by Gasteiger charge is 2.35. The van der Waals surface area contributed by atoms with E-state index in [4.69, 9.17) is 4.52 Å². The molecule has 0 aromatic carbocycles. The lowest BCUT2D eigenvalue weighted by atomic mass is 10.1. The van der Waals surface area contributed by atoms with E-state index in [1.54, 1.807) is 13.8 Å². The minimum Gasteiger partial charge on any atom is -0.361 e. The zero-order valence-electron chi connectivity index (χ0n) is 13.1. The van der Waals surface area contributed by atoms with Crippen LogP contribution in [0.4, 0.5) is 0 Å². The van der Waals surface area contributed by atoms with Crippen molar-refractivity contribution in [2.75, 3.05) is 6.54 Å². The molecular weight excluding hydrogens is 294 g/mol. The maximum atomic E-state index is 13.0. The van der Waals surface area contributed by atoms with Gasteiger partial charge in [-0.1, -0.05) is 11.2 Å². The van der Waals surface area contributed by atoms with Crippen LogP contribution >= 0.6 is 0 Å². The molecule has 7 nitrogen and oxygen atoms in total. The van der Waals surface area contributed by atoms with Crippen LogP contribution in [0, 0.1) is 13.8 Å². The Hall–Kier alpha value is -2.70. The number of rotatable bonds is 2. The number of aryl methyl sites for hydroxylation is 2. The molecule has 1 aliphatic rings. The third-order valence-corrected chi connectivity index (χ3v) is 4.40. The first-order chi connectivity index (χ1) is 11.2. The molecule has 0 saturated carbocycles. The summed E-state index contributed by atoms with van der Waals surface area (Å²) in [6, 6.07) is 5.70. The van der Waals surface area contributed by atoms with Crippen molar-refractivity contribution >= 4 is 11.6 Å². The van der Waals surface area contributed by atoms with E-state index in [9.17, 15) is 4.79 Å². The molecule has 4 rings (SSSR count). The summed E-state index contributed by atoms with van der Waals surface area (Å²) in [5, 5.41) is 12.4. The van der Waals surface area contributed by atoms with Crippen molar-refractivity contribution in [3.8, 4) is 0 Å². The standard InChI is InChI=1S/C16H17N5O2/c1-10-14(11(2)23-19-10)16(22)20-9-5-6-12(20)15-18-17-13-7-3-4-8-21(13)15/h3-4,7-8,12H,5-6,9H2,1-2H3. The first-order valence-electron chi connectivity index (χ1n) is 7.70. The van der Waals surface area contributed by atoms with Crippen molar-refractivity contribution in [3.63, 3.8) is 0 Å². The zero-order valence-corrected chi connectivity index (χ0v) is 13.1. The van der Waals surface area contributed by atoms with Crippen LogP contribution in [0.15, 0.2) is 28.9 Å². The summed E-state index contributed by atoms with van der Waals surface area (Å²) in [5.41, 5.74) is 1.98. The van der Waals surface area contributed by atoms with Gasteiger partial charge in [0.15, 0.2) is 11.5 Å². The third kappa shape index (κ3) is 2.11. The van der Waals surface area contributed by atoms with E-state index in [0.717, 1.165) is 24.3 Å². The number of nitrogens with zero attached hydrogens (tertiary/aromatic N) is 5. The highest BCUT2D eigenvalue weighted by molar-refractivity contribution is 5.96. The first-order valence-corrected chi connectivity index (χ1v) is 7.70. The Bertz CT molecular complexity index is 862. The molecule has 23 heavy (non-hydrogen) atoms. The highest BCUT2D eigenvalue weighted by Crippen LogP contribution is 2.33. The minimum absolute atomic E-state index is 0.0450. The molecular formula is C16H17N5O2. The Labute approximate surface area is 132 Å². The Morgan fingerprint density at radius 2 is 2.17 bits per heavy atom. The lowest BCUT2D eigenvalue weighted by Gasteiger charge is -2.23. The molecule has 4 heterocycles. The van der Waals surface area contributed by atoms with Gasteiger partial charge in [0.05, 0.1) is 11.7 Å². The summed E-state index contributed by atoms with van der Waals surface area (Å²) in [5.74, 6) is 1.32. The number of hydrogen-bond donors (Lipinski definition) is 0. The molecule has 0 N–H and O–H groups in total. The van der Waals surface area contributed by atoms with Crippen LogP contribution in [0.5, 0.6) is 0 Å². The van der Waals surface area contributed by atoms with Gasteiger partial charge in [-0.2, -0.15) is 0 Å². The molecule has 1 atom stereocenters. The first kappa shape index (κ1) is 13.9. The molecule has 1 fully saturated rings. The van der Waals surface area contributed by atoms with Gasteiger partial charge in [-0.3, -0.25) is 9.20 Å². The Kier molecular flexibility index (Phi) is 3.14. The number of fused-ring (bicyclic) bond motifs is 1. The molecule has 0 radical (unpaired) electrons. The van der Waals surface area contributed by atoms with Crippen molar-refractivity contribution in [2.45, 2.75) is 32.7 Å². The molecule has 0 bridgehead atoms. The Morgan fingerprint density at radius 1 is 1.30 bits per heavy atom. The SMILES string of the molecule is Cc1noc(C)c1C(=O)N1CCCC1c1nnc2ccccn12. The molecule has 3 aromatic heterocycles. The largest absolute Gasteiger partial charge is 0.361 e. The molecule has 7 heteroatoms. The maximum Gasteiger partial charge on any atom is 0.259 e. The minimum atomic E-state index is -0.0754. The number of carbonyl (C=O) groups is 1. The van der Waals surface area contributed by atoms with Gasteiger partial charge >= 0.3 is 0 Å². The lowest BCUT2D eigenvalue weighted by molar-refractivity contribution is 0.0727. The van der Waals surface area contributed by atoms with E-state index in [-0.39, 0.29) is 11.9 Å². The quantitative estimate of drug-likeness (QED) is 0.726. The summed E-state index contributed by atoms with van der Waals surface area (Å²) < 4.78 is 7.09. The summed E-state index contributed by atoms with van der Waals surface area (Å²) in [6.45, 7) is 4.27. The van der Waals surface area contributed by atoms with E-state index < -0.39 is 0 Å². The second-order valence-corrected chi connectivity index (χ2v) is 5.84. The summed E-state index contributed by atoms with van der Waals surface area (Å²) >= 11 is 0. The molecule has 3 aromatic rings. The normalized spacial score (nSPS) is 18.0. The number of aromatic nitrogens is 4. The number of carbonyl (C=O) groups excluding carboxylic acids is 1. The fourth-order valence-corrected chi connectivity index (χ4v) is 3.30. The Balaban J connectivity index is 1.73. The van der Waals surface area contributed by atoms with Gasteiger partial charge in [-0.25, -0.2) is 0 Å². The van der Waals surface area contributed by atoms with Gasteiger partial charge in [0, 0.05) is 12.7 Å². The molecule has 1 aliphatic heterocycles. The second kappa shape index (κ2) is 5.19. The van der Waals surface area contributed by atoms with E-state index >= 15 is 0 Å². The van der Waals surface area contributed by atoms with Crippen molar-refractivity contribution < 1.29 is 9.32 Å². The molecule has 1 amide bonds. The van der Waals surface area contributed by atoms with Gasteiger partial charge < -0.3 is 9.42 Å². The predicted molar refractivity (Wildman–Crippen MR) is 82.0 cm³/mol.